The highest BCUT2D eigenvalue weighted by atomic mass is 32.2. The number of hydrogen-bond donors (Lipinski definition) is 5. The van der Waals surface area contributed by atoms with E-state index in [1.54, 1.807) is 25.1 Å². The van der Waals surface area contributed by atoms with Crippen molar-refractivity contribution in [3.05, 3.63) is 47.9 Å². The van der Waals surface area contributed by atoms with Gasteiger partial charge in [0.2, 0.25) is 5.13 Å². The topological polar surface area (TPSA) is 229 Å². The summed E-state index contributed by atoms with van der Waals surface area (Å²) in [5.74, 6) is 0.724. The third kappa shape index (κ3) is 10.0. The molecule has 2 atom stereocenters. The first-order valence-corrected chi connectivity index (χ1v) is 16.5. The summed E-state index contributed by atoms with van der Waals surface area (Å²) < 4.78 is 43.7. The molecule has 0 bridgehead atoms. The Morgan fingerprint density at radius 2 is 1.89 bits per heavy atom. The number of pyridine rings is 1. The number of carbonyl (C=O) groups is 2. The normalized spacial score (nSPS) is 12.7. The first kappa shape index (κ1) is 36.6. The van der Waals surface area contributed by atoms with Crippen LogP contribution in [0.25, 0.3) is 0 Å². The molecule has 0 saturated carbocycles. The average Bonchev–Trinajstić information content (AvgIpc) is 3.55. The van der Waals surface area contributed by atoms with Crippen molar-refractivity contribution in [2.75, 3.05) is 36.9 Å². The maximum atomic E-state index is 14.0. The smallest absolute Gasteiger partial charge is 0.404 e. The second kappa shape index (κ2) is 16.1. The third-order valence-corrected chi connectivity index (χ3v) is 9.93. The van der Waals surface area contributed by atoms with Gasteiger partial charge in [-0.3, -0.25) is 0 Å². The number of methoxy groups -OCH3 is 2. The molecule has 2 heterocycles. The van der Waals surface area contributed by atoms with E-state index < -0.39 is 28.3 Å². The number of nitrogens with one attached hydrogen (secondary N) is 3. The lowest BCUT2D eigenvalue weighted by Crippen LogP contribution is -2.42. The zero-order valence-electron chi connectivity index (χ0n) is 26.6. The van der Waals surface area contributed by atoms with Crippen molar-refractivity contribution in [2.24, 2.45) is 11.3 Å². The molecule has 1 aromatic carbocycles. The van der Waals surface area contributed by atoms with Crippen LogP contribution in [0, 0.1) is 22.7 Å². The van der Waals surface area contributed by atoms with Gasteiger partial charge in [-0.1, -0.05) is 13.8 Å². The molecule has 47 heavy (non-hydrogen) atoms. The van der Waals surface area contributed by atoms with Gasteiger partial charge in [0, 0.05) is 48.5 Å². The van der Waals surface area contributed by atoms with Crippen LogP contribution in [0.2, 0.25) is 0 Å². The van der Waals surface area contributed by atoms with Gasteiger partial charge in [0.05, 0.1) is 26.3 Å². The van der Waals surface area contributed by atoms with Crippen LogP contribution in [0.15, 0.2) is 41.7 Å². The highest BCUT2D eigenvalue weighted by Gasteiger charge is 2.31. The van der Waals surface area contributed by atoms with Gasteiger partial charge in [-0.25, -0.2) is 32.3 Å². The van der Waals surface area contributed by atoms with E-state index in [4.69, 9.17) is 14.6 Å². The summed E-state index contributed by atoms with van der Waals surface area (Å²) >= 11 is 0.876. The molecule has 0 unspecified atom stereocenters. The van der Waals surface area contributed by atoms with E-state index in [2.05, 4.69) is 30.3 Å². The van der Waals surface area contributed by atoms with Gasteiger partial charge in [-0.05, 0) is 49.3 Å². The zero-order chi connectivity index (χ0) is 34.8. The molecule has 0 radical (unpaired) electrons. The van der Waals surface area contributed by atoms with E-state index in [1.165, 1.54) is 26.6 Å². The highest BCUT2D eigenvalue weighted by molar-refractivity contribution is 7.93. The number of aromatic nitrogens is 3. The van der Waals surface area contributed by atoms with Gasteiger partial charge < -0.3 is 35.6 Å². The Morgan fingerprint density at radius 3 is 2.49 bits per heavy atom. The van der Waals surface area contributed by atoms with E-state index in [-0.39, 0.29) is 52.4 Å². The van der Waals surface area contributed by atoms with E-state index in [9.17, 15) is 28.4 Å². The molecule has 0 saturated heterocycles. The molecule has 3 aromatic rings. The SMILES string of the molecule is COc1ccc(CN(c2ncns2)S(=O)(=O)c2cnc(NC[C@H](CC(C)(C)CCNC(=O)O)[C@@H](C)NC(=O)O)c(C#N)c2)c(OC)c1. The number of ether oxygens (including phenoxy) is 2. The van der Waals surface area contributed by atoms with Gasteiger partial charge >= 0.3 is 12.2 Å². The van der Waals surface area contributed by atoms with Crippen molar-refractivity contribution < 1.29 is 37.7 Å². The first-order valence-electron chi connectivity index (χ1n) is 14.3. The Balaban J connectivity index is 1.89. The summed E-state index contributed by atoms with van der Waals surface area (Å²) in [4.78, 5) is 30.4. The van der Waals surface area contributed by atoms with Gasteiger partial charge in [0.1, 0.15) is 34.6 Å². The molecule has 0 spiro atoms. The fraction of sp³-hybridized carbons (Fsp3) is 0.448. The number of benzene rings is 1. The molecule has 0 aliphatic heterocycles. The van der Waals surface area contributed by atoms with Crippen LogP contribution in [0.3, 0.4) is 0 Å². The van der Waals surface area contributed by atoms with Crippen LogP contribution < -0.4 is 29.7 Å². The second-order valence-electron chi connectivity index (χ2n) is 11.3. The van der Waals surface area contributed by atoms with E-state index >= 15 is 0 Å². The zero-order valence-corrected chi connectivity index (χ0v) is 28.2. The van der Waals surface area contributed by atoms with Gasteiger partial charge in [-0.15, -0.1) is 0 Å². The number of hydrogen-bond acceptors (Lipinski definition) is 12. The minimum atomic E-state index is -4.32. The summed E-state index contributed by atoms with van der Waals surface area (Å²) in [5.41, 5.74) is 0.0938. The van der Waals surface area contributed by atoms with Crippen molar-refractivity contribution in [2.45, 2.75) is 51.1 Å². The number of nitriles is 1. The molecular weight excluding hydrogens is 653 g/mol. The summed E-state index contributed by atoms with van der Waals surface area (Å²) in [6, 6.07) is 7.66. The number of amides is 2. The number of rotatable bonds is 17. The minimum absolute atomic E-state index is 0.0483. The fourth-order valence-electron chi connectivity index (χ4n) is 4.90. The van der Waals surface area contributed by atoms with Crippen molar-refractivity contribution in [3.8, 4) is 17.6 Å². The van der Waals surface area contributed by atoms with Crippen LogP contribution in [0.4, 0.5) is 20.5 Å². The number of carboxylic acid groups (broad SMARTS) is 2. The van der Waals surface area contributed by atoms with Crippen LogP contribution in [0.5, 0.6) is 11.5 Å². The van der Waals surface area contributed by atoms with Gasteiger partial charge in [0.15, 0.2) is 0 Å². The van der Waals surface area contributed by atoms with Gasteiger partial charge in [0.25, 0.3) is 10.0 Å². The van der Waals surface area contributed by atoms with Crippen LogP contribution in [0.1, 0.15) is 44.7 Å². The largest absolute Gasteiger partial charge is 0.497 e. The van der Waals surface area contributed by atoms with E-state index in [1.807, 2.05) is 19.9 Å². The van der Waals surface area contributed by atoms with Crippen molar-refractivity contribution in [3.63, 3.8) is 0 Å². The van der Waals surface area contributed by atoms with E-state index in [0.717, 1.165) is 22.0 Å². The Bertz CT molecular complexity index is 1680. The third-order valence-electron chi connectivity index (χ3n) is 7.42. The summed E-state index contributed by atoms with van der Waals surface area (Å²) in [6.45, 7) is 5.83. The molecule has 16 nitrogen and oxygen atoms in total. The predicted octanol–water partition coefficient (Wildman–Crippen LogP) is 3.98. The maximum Gasteiger partial charge on any atom is 0.404 e. The summed E-state index contributed by atoms with van der Waals surface area (Å²) in [6.07, 6.45) is 1.02. The minimum Gasteiger partial charge on any atom is -0.497 e. The van der Waals surface area contributed by atoms with Crippen LogP contribution in [-0.2, 0) is 16.6 Å². The number of sulfonamides is 1. The molecule has 0 aliphatic rings. The lowest BCUT2D eigenvalue weighted by atomic mass is 9.77. The average molecular weight is 691 g/mol. The summed E-state index contributed by atoms with van der Waals surface area (Å²) in [5, 5.41) is 36.2. The highest BCUT2D eigenvalue weighted by Crippen LogP contribution is 2.33. The molecule has 0 aliphatic carbocycles. The molecule has 5 N–H and O–H groups in total. The van der Waals surface area contributed by atoms with Gasteiger partial charge in [-0.2, -0.15) is 9.64 Å². The standard InChI is InChI=1S/C29H38N8O8S2/c1-18(36-28(40)41)21(12-29(2,3)8-9-31-27(38)39)14-32-25-20(13-30)10-23(15-33-25)47(42,43)37(26-34-17-35-46-26)16-19-6-7-22(44-4)11-24(19)45-5/h6-7,10-11,15,17-18,21,31,36H,8-9,12,14,16H2,1-5H3,(H,32,33)(H,38,39)(H,40,41)/t18-,21+/m1/s1. The fourth-order valence-corrected chi connectivity index (χ4v) is 7.00. The molecular formula is C29H38N8O8S2. The Morgan fingerprint density at radius 1 is 1.15 bits per heavy atom. The molecule has 2 aromatic heterocycles. The summed E-state index contributed by atoms with van der Waals surface area (Å²) in [7, 11) is -1.36. The Hall–Kier alpha value is -4.89. The molecule has 3 rings (SSSR count). The van der Waals surface area contributed by atoms with Crippen molar-refractivity contribution in [1.82, 2.24) is 25.0 Å². The Kier molecular flexibility index (Phi) is 12.5. The predicted molar refractivity (Wildman–Crippen MR) is 173 cm³/mol. The molecule has 0 fully saturated rings. The number of nitrogens with zero attached hydrogens (tertiary/aromatic N) is 5. The number of anilines is 2. The quantitative estimate of drug-likeness (QED) is 0.135. The first-order chi connectivity index (χ1) is 22.2. The lowest BCUT2D eigenvalue weighted by molar-refractivity contribution is 0.173. The Labute approximate surface area is 277 Å². The van der Waals surface area contributed by atoms with Crippen LogP contribution >= 0.6 is 11.5 Å². The molecule has 254 valence electrons. The van der Waals surface area contributed by atoms with Crippen molar-refractivity contribution in [1.29, 1.82) is 5.26 Å². The monoisotopic (exact) mass is 690 g/mol. The molecule has 18 heteroatoms. The molecule has 2 amide bonds. The lowest BCUT2D eigenvalue weighted by Gasteiger charge is -2.33. The van der Waals surface area contributed by atoms with E-state index in [0.29, 0.717) is 29.9 Å². The second-order valence-corrected chi connectivity index (χ2v) is 13.9. The van der Waals surface area contributed by atoms with Crippen LogP contribution in [-0.4, -0.2) is 78.5 Å². The van der Waals surface area contributed by atoms with Crippen molar-refractivity contribution >= 4 is 44.7 Å². The maximum absolute atomic E-state index is 14.0.